The molecule has 1 aromatic heterocycles. The average molecular weight is 233 g/mol. The zero-order chi connectivity index (χ0) is 12.0. The molecule has 0 amide bonds. The molecule has 2 fully saturated rings. The number of likely N-dealkylation sites (N-methyl/N-ethyl adjacent to an activating group) is 1. The van der Waals surface area contributed by atoms with E-state index in [0.717, 1.165) is 29.9 Å². The van der Waals surface area contributed by atoms with Crippen molar-refractivity contribution in [1.29, 1.82) is 0 Å². The van der Waals surface area contributed by atoms with Crippen molar-refractivity contribution < 1.29 is 0 Å². The van der Waals surface area contributed by atoms with Gasteiger partial charge in [0.25, 0.3) is 0 Å². The zero-order valence-electron chi connectivity index (χ0n) is 11.1. The van der Waals surface area contributed by atoms with Crippen molar-refractivity contribution in [2.45, 2.75) is 38.6 Å². The number of fused-ring (bicyclic) bond motifs is 1. The van der Waals surface area contributed by atoms with Crippen LogP contribution in [0.5, 0.6) is 0 Å². The van der Waals surface area contributed by atoms with E-state index in [1.165, 1.54) is 25.0 Å². The normalized spacial score (nSPS) is 32.5. The van der Waals surface area contributed by atoms with Crippen LogP contribution in [-0.2, 0) is 13.5 Å². The summed E-state index contributed by atoms with van der Waals surface area (Å²) in [5, 5.41) is 7.97. The van der Waals surface area contributed by atoms with Crippen LogP contribution in [0.3, 0.4) is 0 Å². The Labute approximate surface area is 104 Å². The van der Waals surface area contributed by atoms with Gasteiger partial charge in [0, 0.05) is 25.2 Å². The van der Waals surface area contributed by atoms with Gasteiger partial charge in [-0.25, -0.2) is 0 Å². The number of aryl methyl sites for hydroxylation is 2. The van der Waals surface area contributed by atoms with Gasteiger partial charge in [0.15, 0.2) is 0 Å². The van der Waals surface area contributed by atoms with Crippen LogP contribution in [0.1, 0.15) is 30.7 Å². The van der Waals surface area contributed by atoms with Gasteiger partial charge in [-0.05, 0) is 57.1 Å². The summed E-state index contributed by atoms with van der Waals surface area (Å²) in [5.41, 5.74) is 2.49. The molecule has 2 aliphatic rings. The third kappa shape index (κ3) is 2.13. The lowest BCUT2D eigenvalue weighted by Gasteiger charge is -2.24. The van der Waals surface area contributed by atoms with Crippen LogP contribution in [0.25, 0.3) is 0 Å². The molecular formula is C14H23N3. The molecular weight excluding hydrogens is 210 g/mol. The summed E-state index contributed by atoms with van der Waals surface area (Å²) in [6.07, 6.45) is 5.54. The summed E-state index contributed by atoms with van der Waals surface area (Å²) in [6.45, 7) is 2.07. The van der Waals surface area contributed by atoms with Crippen LogP contribution in [-0.4, -0.2) is 22.9 Å². The molecule has 2 saturated carbocycles. The number of nitrogens with zero attached hydrogens (tertiary/aromatic N) is 2. The minimum atomic E-state index is 0.637. The highest BCUT2D eigenvalue weighted by Crippen LogP contribution is 2.55. The average Bonchev–Trinajstić information content (AvgIpc) is 2.77. The van der Waals surface area contributed by atoms with Crippen LogP contribution in [0.4, 0.5) is 0 Å². The van der Waals surface area contributed by atoms with Gasteiger partial charge in [-0.15, -0.1) is 0 Å². The van der Waals surface area contributed by atoms with Gasteiger partial charge in [0.1, 0.15) is 0 Å². The van der Waals surface area contributed by atoms with Crippen molar-refractivity contribution in [2.24, 2.45) is 24.8 Å². The van der Waals surface area contributed by atoms with Gasteiger partial charge in [-0.1, -0.05) is 0 Å². The first-order valence-corrected chi connectivity index (χ1v) is 6.84. The Bertz CT molecular complexity index is 400. The maximum Gasteiger partial charge on any atom is 0.0596 e. The number of hydrogen-bond acceptors (Lipinski definition) is 2. The molecule has 0 saturated heterocycles. The van der Waals surface area contributed by atoms with Gasteiger partial charge in [0.2, 0.25) is 0 Å². The fourth-order valence-electron chi connectivity index (χ4n) is 3.68. The third-order valence-corrected chi connectivity index (χ3v) is 4.75. The van der Waals surface area contributed by atoms with E-state index in [1.807, 2.05) is 4.68 Å². The standard InChI is InChI=1S/C14H23N3/c1-9-4-13(17(3)16-9)8-14(15-2)12-6-10-5-11(10)7-12/h4,10-12,14-15H,5-8H2,1-3H3. The molecule has 3 atom stereocenters. The first-order chi connectivity index (χ1) is 8.17. The fourth-order valence-corrected chi connectivity index (χ4v) is 3.68. The van der Waals surface area contributed by atoms with Crippen LogP contribution >= 0.6 is 0 Å². The van der Waals surface area contributed by atoms with Crippen LogP contribution < -0.4 is 5.32 Å². The quantitative estimate of drug-likeness (QED) is 0.861. The second-order valence-corrected chi connectivity index (χ2v) is 5.99. The van der Waals surface area contributed by atoms with Crippen molar-refractivity contribution in [3.8, 4) is 0 Å². The van der Waals surface area contributed by atoms with E-state index in [2.05, 4.69) is 37.5 Å². The van der Waals surface area contributed by atoms with E-state index in [0.29, 0.717) is 6.04 Å². The van der Waals surface area contributed by atoms with E-state index in [-0.39, 0.29) is 0 Å². The fraction of sp³-hybridized carbons (Fsp3) is 0.786. The first kappa shape index (κ1) is 11.3. The molecule has 3 heteroatoms. The van der Waals surface area contributed by atoms with Crippen LogP contribution in [0, 0.1) is 24.7 Å². The Morgan fingerprint density at radius 1 is 1.41 bits per heavy atom. The Morgan fingerprint density at radius 3 is 2.65 bits per heavy atom. The summed E-state index contributed by atoms with van der Waals surface area (Å²) in [5.74, 6) is 3.03. The molecule has 94 valence electrons. The summed E-state index contributed by atoms with van der Waals surface area (Å²) in [4.78, 5) is 0. The summed E-state index contributed by atoms with van der Waals surface area (Å²) >= 11 is 0. The Balaban J connectivity index is 1.67. The lowest BCUT2D eigenvalue weighted by molar-refractivity contribution is 0.344. The summed E-state index contributed by atoms with van der Waals surface area (Å²) < 4.78 is 2.04. The molecule has 3 nitrogen and oxygen atoms in total. The van der Waals surface area contributed by atoms with E-state index in [4.69, 9.17) is 0 Å². The monoisotopic (exact) mass is 233 g/mol. The summed E-state index contributed by atoms with van der Waals surface area (Å²) in [7, 11) is 4.17. The Morgan fingerprint density at radius 2 is 2.12 bits per heavy atom. The largest absolute Gasteiger partial charge is 0.316 e. The molecule has 0 spiro atoms. The Hall–Kier alpha value is -0.830. The molecule has 0 aliphatic heterocycles. The second-order valence-electron chi connectivity index (χ2n) is 5.99. The number of hydrogen-bond donors (Lipinski definition) is 1. The number of aromatic nitrogens is 2. The molecule has 2 aliphatic carbocycles. The summed E-state index contributed by atoms with van der Waals surface area (Å²) in [6, 6.07) is 2.86. The molecule has 1 aromatic rings. The van der Waals surface area contributed by atoms with Gasteiger partial charge in [0.05, 0.1) is 5.69 Å². The van der Waals surface area contributed by atoms with E-state index < -0.39 is 0 Å². The zero-order valence-corrected chi connectivity index (χ0v) is 11.1. The smallest absolute Gasteiger partial charge is 0.0596 e. The van der Waals surface area contributed by atoms with Gasteiger partial charge in [-0.2, -0.15) is 5.10 Å². The van der Waals surface area contributed by atoms with Crippen molar-refractivity contribution in [1.82, 2.24) is 15.1 Å². The molecule has 1 N–H and O–H groups in total. The lowest BCUT2D eigenvalue weighted by Crippen LogP contribution is -2.35. The van der Waals surface area contributed by atoms with Crippen LogP contribution in [0.2, 0.25) is 0 Å². The molecule has 0 aromatic carbocycles. The van der Waals surface area contributed by atoms with Gasteiger partial charge in [-0.3, -0.25) is 4.68 Å². The number of nitrogens with one attached hydrogen (secondary N) is 1. The highest BCUT2D eigenvalue weighted by Gasteiger charge is 2.47. The van der Waals surface area contributed by atoms with Gasteiger partial charge >= 0.3 is 0 Å². The highest BCUT2D eigenvalue weighted by atomic mass is 15.3. The van der Waals surface area contributed by atoms with Crippen LogP contribution in [0.15, 0.2) is 6.07 Å². The van der Waals surface area contributed by atoms with Gasteiger partial charge < -0.3 is 5.32 Å². The SMILES string of the molecule is CNC(Cc1cc(C)nn1C)C1CC2CC2C1. The molecule has 3 rings (SSSR count). The van der Waals surface area contributed by atoms with Crippen molar-refractivity contribution in [3.63, 3.8) is 0 Å². The predicted octanol–water partition coefficient (Wildman–Crippen LogP) is 1.91. The minimum Gasteiger partial charge on any atom is -0.316 e. The Kier molecular flexibility index (Phi) is 2.74. The minimum absolute atomic E-state index is 0.637. The molecule has 3 unspecified atom stereocenters. The first-order valence-electron chi connectivity index (χ1n) is 6.84. The van der Waals surface area contributed by atoms with Crippen molar-refractivity contribution >= 4 is 0 Å². The third-order valence-electron chi connectivity index (χ3n) is 4.75. The van der Waals surface area contributed by atoms with Crippen molar-refractivity contribution in [2.75, 3.05) is 7.05 Å². The lowest BCUT2D eigenvalue weighted by atomic mass is 9.91. The predicted molar refractivity (Wildman–Crippen MR) is 68.8 cm³/mol. The molecule has 17 heavy (non-hydrogen) atoms. The van der Waals surface area contributed by atoms with E-state index in [1.54, 1.807) is 0 Å². The second kappa shape index (κ2) is 4.13. The molecule has 1 heterocycles. The van der Waals surface area contributed by atoms with E-state index in [9.17, 15) is 0 Å². The van der Waals surface area contributed by atoms with E-state index >= 15 is 0 Å². The van der Waals surface area contributed by atoms with Crippen molar-refractivity contribution in [3.05, 3.63) is 17.5 Å². The maximum atomic E-state index is 4.44. The topological polar surface area (TPSA) is 29.9 Å². The molecule has 0 radical (unpaired) electrons. The maximum absolute atomic E-state index is 4.44. The molecule has 0 bridgehead atoms. The highest BCUT2D eigenvalue weighted by molar-refractivity contribution is 5.11. The number of rotatable bonds is 4.